The minimum Gasteiger partial charge on any atom is -0.462 e. The number of Topliss-reactive ketones (excluding diaryl/α,β-unsaturated/α-hetero) is 1. The molecule has 1 aromatic heterocycles. The Morgan fingerprint density at radius 3 is 2.26 bits per heavy atom. The van der Waals surface area contributed by atoms with E-state index in [1.54, 1.807) is 32.9 Å². The SMILES string of the molecule is CCOC(=O)c1c(C)[nH]c(C(=O)COC(=O)[C@@H](C)NS(=O)(=O)c2ccc(C)cc2)c1C. The molecule has 0 radical (unpaired) electrons. The second-order valence-electron chi connectivity index (χ2n) is 7.03. The summed E-state index contributed by atoms with van der Waals surface area (Å²) in [7, 11) is -3.93. The summed E-state index contributed by atoms with van der Waals surface area (Å²) in [6.07, 6.45) is 0. The lowest BCUT2D eigenvalue weighted by atomic mass is 10.1. The van der Waals surface area contributed by atoms with Gasteiger partial charge in [-0.15, -0.1) is 0 Å². The molecule has 0 aliphatic heterocycles. The fourth-order valence-electron chi connectivity index (χ4n) is 2.94. The Balaban J connectivity index is 2.02. The van der Waals surface area contributed by atoms with Crippen LogP contribution in [0.4, 0.5) is 0 Å². The number of carbonyl (C=O) groups is 3. The number of aromatic nitrogens is 1. The van der Waals surface area contributed by atoms with Crippen LogP contribution in [0.2, 0.25) is 0 Å². The first-order valence-corrected chi connectivity index (χ1v) is 11.1. The monoisotopic (exact) mass is 450 g/mol. The zero-order valence-corrected chi connectivity index (χ0v) is 18.9. The Morgan fingerprint density at radius 1 is 1.06 bits per heavy atom. The van der Waals surface area contributed by atoms with Crippen LogP contribution in [-0.4, -0.2) is 50.4 Å². The molecule has 9 nitrogen and oxygen atoms in total. The highest BCUT2D eigenvalue weighted by molar-refractivity contribution is 7.89. The molecule has 0 fully saturated rings. The van der Waals surface area contributed by atoms with Gasteiger partial charge in [0.05, 0.1) is 22.8 Å². The van der Waals surface area contributed by atoms with E-state index in [0.717, 1.165) is 5.56 Å². The minimum absolute atomic E-state index is 0.0119. The van der Waals surface area contributed by atoms with Crippen LogP contribution in [0.3, 0.4) is 0 Å². The van der Waals surface area contributed by atoms with E-state index in [0.29, 0.717) is 11.3 Å². The van der Waals surface area contributed by atoms with Crippen molar-refractivity contribution in [3.63, 3.8) is 0 Å². The first-order valence-electron chi connectivity index (χ1n) is 9.63. The summed E-state index contributed by atoms with van der Waals surface area (Å²) in [5.41, 5.74) is 2.14. The van der Waals surface area contributed by atoms with E-state index in [1.165, 1.54) is 19.1 Å². The summed E-state index contributed by atoms with van der Waals surface area (Å²) < 4.78 is 37.0. The van der Waals surface area contributed by atoms with Gasteiger partial charge in [0.25, 0.3) is 0 Å². The van der Waals surface area contributed by atoms with Crippen LogP contribution in [-0.2, 0) is 24.3 Å². The van der Waals surface area contributed by atoms with Gasteiger partial charge in [0.2, 0.25) is 15.8 Å². The average molecular weight is 451 g/mol. The lowest BCUT2D eigenvalue weighted by Crippen LogP contribution is -2.40. The number of aryl methyl sites for hydroxylation is 2. The van der Waals surface area contributed by atoms with Crippen LogP contribution in [0.5, 0.6) is 0 Å². The largest absolute Gasteiger partial charge is 0.462 e. The third kappa shape index (κ3) is 5.80. The molecule has 1 aromatic carbocycles. The van der Waals surface area contributed by atoms with E-state index in [4.69, 9.17) is 9.47 Å². The zero-order chi connectivity index (χ0) is 23.3. The van der Waals surface area contributed by atoms with E-state index in [2.05, 4.69) is 9.71 Å². The molecule has 2 N–H and O–H groups in total. The van der Waals surface area contributed by atoms with Gasteiger partial charge in [-0.05, 0) is 52.3 Å². The summed E-state index contributed by atoms with van der Waals surface area (Å²) >= 11 is 0. The number of benzene rings is 1. The molecule has 0 aliphatic rings. The van der Waals surface area contributed by atoms with Gasteiger partial charge in [-0.3, -0.25) is 9.59 Å². The highest BCUT2D eigenvalue weighted by Gasteiger charge is 2.26. The van der Waals surface area contributed by atoms with E-state index in [1.807, 2.05) is 6.92 Å². The van der Waals surface area contributed by atoms with Gasteiger partial charge in [-0.1, -0.05) is 17.7 Å². The molecule has 1 atom stereocenters. The Morgan fingerprint density at radius 2 is 1.68 bits per heavy atom. The van der Waals surface area contributed by atoms with Crippen LogP contribution in [0.15, 0.2) is 29.2 Å². The van der Waals surface area contributed by atoms with Crippen molar-refractivity contribution >= 4 is 27.7 Å². The summed E-state index contributed by atoms with van der Waals surface area (Å²) in [5, 5.41) is 0. The van der Waals surface area contributed by atoms with Gasteiger partial charge in [-0.2, -0.15) is 4.72 Å². The lowest BCUT2D eigenvalue weighted by Gasteiger charge is -2.13. The number of hydrogen-bond donors (Lipinski definition) is 2. The number of sulfonamides is 1. The van der Waals surface area contributed by atoms with Crippen molar-refractivity contribution in [3.05, 3.63) is 52.3 Å². The predicted octanol–water partition coefficient (Wildman–Crippen LogP) is 2.21. The number of carbonyl (C=O) groups excluding carboxylic acids is 3. The number of ketones is 1. The van der Waals surface area contributed by atoms with Gasteiger partial charge in [0.15, 0.2) is 6.61 Å². The van der Waals surface area contributed by atoms with Crippen molar-refractivity contribution in [2.45, 2.75) is 45.6 Å². The third-order valence-corrected chi connectivity index (χ3v) is 6.11. The Kier molecular flexibility index (Phi) is 7.75. The summed E-state index contributed by atoms with van der Waals surface area (Å²) in [6, 6.07) is 4.93. The van der Waals surface area contributed by atoms with Gasteiger partial charge < -0.3 is 14.5 Å². The number of H-pyrrole nitrogens is 1. The Bertz CT molecular complexity index is 1090. The maximum Gasteiger partial charge on any atom is 0.340 e. The van der Waals surface area contributed by atoms with Gasteiger partial charge in [-0.25, -0.2) is 13.2 Å². The highest BCUT2D eigenvalue weighted by Crippen LogP contribution is 2.19. The quantitative estimate of drug-likeness (QED) is 0.442. The molecule has 0 amide bonds. The molecule has 10 heteroatoms. The van der Waals surface area contributed by atoms with Crippen molar-refractivity contribution in [2.75, 3.05) is 13.2 Å². The number of aromatic amines is 1. The molecule has 0 bridgehead atoms. The van der Waals surface area contributed by atoms with Crippen molar-refractivity contribution in [2.24, 2.45) is 0 Å². The smallest absolute Gasteiger partial charge is 0.340 e. The second-order valence-corrected chi connectivity index (χ2v) is 8.75. The first kappa shape index (κ1) is 24.3. The maximum atomic E-state index is 12.5. The lowest BCUT2D eigenvalue weighted by molar-refractivity contribution is -0.144. The standard InChI is InChI=1S/C21H26N2O7S/c1-6-29-21(26)18-13(3)19(22-14(18)4)17(24)11-30-20(25)15(5)23-31(27,28)16-9-7-12(2)8-10-16/h7-10,15,22-23H,6,11H2,1-5H3/t15-/m1/s1. The Labute approximate surface area is 181 Å². The Hall–Kier alpha value is -2.98. The molecule has 0 saturated carbocycles. The number of nitrogens with one attached hydrogen (secondary N) is 2. The molecule has 2 aromatic rings. The molecular weight excluding hydrogens is 424 g/mol. The fourth-order valence-corrected chi connectivity index (χ4v) is 4.13. The molecular formula is C21H26N2O7S. The molecule has 0 spiro atoms. The number of esters is 2. The van der Waals surface area contributed by atoms with Gasteiger partial charge in [0.1, 0.15) is 6.04 Å². The van der Waals surface area contributed by atoms with Crippen LogP contribution in [0, 0.1) is 20.8 Å². The summed E-state index contributed by atoms with van der Waals surface area (Å²) in [5.74, 6) is -2.02. The number of ether oxygens (including phenoxy) is 2. The first-order chi connectivity index (χ1) is 14.5. The molecule has 31 heavy (non-hydrogen) atoms. The fraction of sp³-hybridized carbons (Fsp3) is 0.381. The molecule has 0 unspecified atom stereocenters. The van der Waals surface area contributed by atoms with E-state index in [9.17, 15) is 22.8 Å². The van der Waals surface area contributed by atoms with Gasteiger partial charge in [0, 0.05) is 5.69 Å². The third-order valence-electron chi connectivity index (χ3n) is 4.56. The van der Waals surface area contributed by atoms with E-state index in [-0.39, 0.29) is 22.8 Å². The topological polar surface area (TPSA) is 132 Å². The maximum absolute atomic E-state index is 12.5. The van der Waals surface area contributed by atoms with Crippen molar-refractivity contribution < 1.29 is 32.3 Å². The highest BCUT2D eigenvalue weighted by atomic mass is 32.2. The van der Waals surface area contributed by atoms with Crippen LogP contribution >= 0.6 is 0 Å². The van der Waals surface area contributed by atoms with Crippen LogP contribution < -0.4 is 4.72 Å². The van der Waals surface area contributed by atoms with Gasteiger partial charge >= 0.3 is 11.9 Å². The molecule has 168 valence electrons. The minimum atomic E-state index is -3.93. The van der Waals surface area contributed by atoms with E-state index < -0.39 is 40.4 Å². The number of hydrogen-bond acceptors (Lipinski definition) is 7. The molecule has 0 saturated heterocycles. The average Bonchev–Trinajstić information content (AvgIpc) is 3.00. The van der Waals surface area contributed by atoms with Crippen LogP contribution in [0.1, 0.15) is 51.5 Å². The summed E-state index contributed by atoms with van der Waals surface area (Å²) in [6.45, 7) is 7.62. The van der Waals surface area contributed by atoms with E-state index >= 15 is 0 Å². The molecule has 2 rings (SSSR count). The molecule has 1 heterocycles. The predicted molar refractivity (Wildman–Crippen MR) is 112 cm³/mol. The zero-order valence-electron chi connectivity index (χ0n) is 18.1. The number of rotatable bonds is 9. The van der Waals surface area contributed by atoms with Crippen LogP contribution in [0.25, 0.3) is 0 Å². The second kappa shape index (κ2) is 9.88. The molecule has 0 aliphatic carbocycles. The summed E-state index contributed by atoms with van der Waals surface area (Å²) in [4.78, 5) is 39.6. The van der Waals surface area contributed by atoms with Crippen molar-refractivity contribution in [1.82, 2.24) is 9.71 Å². The van der Waals surface area contributed by atoms with Crippen molar-refractivity contribution in [1.29, 1.82) is 0 Å². The van der Waals surface area contributed by atoms with Crippen molar-refractivity contribution in [3.8, 4) is 0 Å². The normalized spacial score (nSPS) is 12.3.